The van der Waals surface area contributed by atoms with Gasteiger partial charge in [0.05, 0.1) is 20.3 Å². The van der Waals surface area contributed by atoms with Crippen LogP contribution in [0.15, 0.2) is 42.5 Å². The van der Waals surface area contributed by atoms with Crippen LogP contribution in [0.5, 0.6) is 23.0 Å². The Bertz CT molecular complexity index is 1070. The predicted molar refractivity (Wildman–Crippen MR) is 141 cm³/mol. The summed E-state index contributed by atoms with van der Waals surface area (Å²) >= 11 is 6.06. The third-order valence-electron chi connectivity index (χ3n) is 6.72. The molecule has 0 spiro atoms. The van der Waals surface area contributed by atoms with E-state index in [9.17, 15) is 9.59 Å². The maximum Gasteiger partial charge on any atom is 0.247 e. The van der Waals surface area contributed by atoms with Crippen molar-refractivity contribution in [3.05, 3.63) is 48.0 Å². The lowest BCUT2D eigenvalue weighted by atomic mass is 9.94. The summed E-state index contributed by atoms with van der Waals surface area (Å²) in [6, 6.07) is 11.8. The molecule has 1 aliphatic heterocycles. The van der Waals surface area contributed by atoms with Crippen LogP contribution in [-0.2, 0) is 9.59 Å². The van der Waals surface area contributed by atoms with E-state index in [1.165, 1.54) is 11.3 Å². The van der Waals surface area contributed by atoms with Gasteiger partial charge in [-0.05, 0) is 49.6 Å². The van der Waals surface area contributed by atoms with Gasteiger partial charge in [-0.1, -0.05) is 37.5 Å². The fourth-order valence-corrected chi connectivity index (χ4v) is 5.08. The van der Waals surface area contributed by atoms with Crippen molar-refractivity contribution < 1.29 is 28.5 Å². The van der Waals surface area contributed by atoms with Crippen LogP contribution in [0.3, 0.4) is 0 Å². The number of benzene rings is 2. The van der Waals surface area contributed by atoms with Crippen LogP contribution >= 0.6 is 11.6 Å². The average Bonchev–Trinajstić information content (AvgIpc) is 2.93. The van der Waals surface area contributed by atoms with Gasteiger partial charge in [-0.15, -0.1) is 11.6 Å². The average molecular weight is 531 g/mol. The number of fused-ring (bicyclic) bond motifs is 1. The molecule has 8 nitrogen and oxygen atoms in total. The zero-order valence-corrected chi connectivity index (χ0v) is 22.2. The highest BCUT2D eigenvalue weighted by Gasteiger charge is 2.36. The van der Waals surface area contributed by atoms with Crippen molar-refractivity contribution in [3.63, 3.8) is 0 Å². The molecule has 2 aromatic rings. The van der Waals surface area contributed by atoms with Gasteiger partial charge in [0.2, 0.25) is 11.8 Å². The fraction of sp³-hybridized carbons (Fsp3) is 0.500. The van der Waals surface area contributed by atoms with Gasteiger partial charge in [-0.25, -0.2) is 0 Å². The van der Waals surface area contributed by atoms with E-state index in [-0.39, 0.29) is 36.9 Å². The zero-order chi connectivity index (χ0) is 26.2. The molecule has 9 heteroatoms. The van der Waals surface area contributed by atoms with Crippen LogP contribution in [0.2, 0.25) is 0 Å². The molecular formula is C28H35ClN2O6. The topological polar surface area (TPSA) is 86.3 Å². The number of ether oxygens (including phenoxy) is 4. The van der Waals surface area contributed by atoms with Gasteiger partial charge in [0.15, 0.2) is 29.1 Å². The first kappa shape index (κ1) is 26.9. The first-order valence-corrected chi connectivity index (χ1v) is 13.4. The molecule has 2 aromatic carbocycles. The first-order valence-electron chi connectivity index (χ1n) is 12.9. The van der Waals surface area contributed by atoms with Gasteiger partial charge < -0.3 is 29.2 Å². The number of carbonyl (C=O) groups excluding carboxylic acids is 2. The van der Waals surface area contributed by atoms with Gasteiger partial charge in [-0.3, -0.25) is 9.59 Å². The number of methoxy groups -OCH3 is 1. The number of halogens is 1. The van der Waals surface area contributed by atoms with Gasteiger partial charge in [0.1, 0.15) is 18.5 Å². The summed E-state index contributed by atoms with van der Waals surface area (Å²) in [7, 11) is 1.55. The molecule has 37 heavy (non-hydrogen) atoms. The summed E-state index contributed by atoms with van der Waals surface area (Å²) < 4.78 is 23.2. The lowest BCUT2D eigenvalue weighted by Crippen LogP contribution is -2.51. The van der Waals surface area contributed by atoms with Gasteiger partial charge in [0.25, 0.3) is 0 Å². The number of alkyl halides is 1. The number of hydrogen-bond donors (Lipinski definition) is 1. The van der Waals surface area contributed by atoms with Gasteiger partial charge in [-0.2, -0.15) is 0 Å². The first-order chi connectivity index (χ1) is 18.0. The van der Waals surface area contributed by atoms with Crippen LogP contribution in [0, 0.1) is 0 Å². The molecule has 0 bridgehead atoms. The van der Waals surface area contributed by atoms with Crippen molar-refractivity contribution in [1.29, 1.82) is 0 Å². The summed E-state index contributed by atoms with van der Waals surface area (Å²) in [5, 5.41) is 3.19. The van der Waals surface area contributed by atoms with E-state index < -0.39 is 12.1 Å². The molecule has 1 fully saturated rings. The second-order valence-corrected chi connectivity index (χ2v) is 9.53. The maximum absolute atomic E-state index is 13.8. The smallest absolute Gasteiger partial charge is 0.247 e. The van der Waals surface area contributed by atoms with Crippen molar-refractivity contribution in [2.45, 2.75) is 57.2 Å². The Balaban J connectivity index is 1.66. The molecule has 0 unspecified atom stereocenters. The Hall–Kier alpha value is -3.13. The Morgan fingerprint density at radius 1 is 1.11 bits per heavy atom. The highest BCUT2D eigenvalue weighted by molar-refractivity contribution is 6.27. The highest BCUT2D eigenvalue weighted by atomic mass is 35.5. The van der Waals surface area contributed by atoms with E-state index in [1.54, 1.807) is 25.3 Å². The number of rotatable bonds is 10. The Morgan fingerprint density at radius 3 is 2.57 bits per heavy atom. The third-order valence-corrected chi connectivity index (χ3v) is 6.95. The molecular weight excluding hydrogens is 496 g/mol. The highest BCUT2D eigenvalue weighted by Crippen LogP contribution is 2.35. The third kappa shape index (κ3) is 6.60. The largest absolute Gasteiger partial charge is 0.493 e. The molecule has 1 heterocycles. The standard InChI is InChI=1S/C28H35ClN2O6/c1-3-35-23-14-13-19(15-25(23)34-2)27(28(33)30-20-9-5-4-6-10-20)31(26(32)16-29)17-21-18-36-22-11-7-8-12-24(22)37-21/h7-8,11-15,20-21,27H,3-6,9-10,16-18H2,1-2H3,(H,30,33)/t21-,27-/m1/s1. The van der Waals surface area contributed by atoms with E-state index in [0.29, 0.717) is 35.2 Å². The molecule has 200 valence electrons. The zero-order valence-electron chi connectivity index (χ0n) is 21.4. The molecule has 2 atom stereocenters. The van der Waals surface area contributed by atoms with Gasteiger partial charge >= 0.3 is 0 Å². The van der Waals surface area contributed by atoms with E-state index in [1.807, 2.05) is 31.2 Å². The van der Waals surface area contributed by atoms with Crippen molar-refractivity contribution >= 4 is 23.4 Å². The van der Waals surface area contributed by atoms with Crippen LogP contribution in [-0.4, -0.2) is 61.6 Å². The molecule has 4 rings (SSSR count). The number of nitrogens with zero attached hydrogens (tertiary/aromatic N) is 1. The number of nitrogens with one attached hydrogen (secondary N) is 1. The minimum Gasteiger partial charge on any atom is -0.493 e. The van der Waals surface area contributed by atoms with E-state index >= 15 is 0 Å². The van der Waals surface area contributed by atoms with Crippen molar-refractivity contribution in [1.82, 2.24) is 10.2 Å². The normalized spacial score (nSPS) is 18.0. The van der Waals surface area contributed by atoms with Crippen LogP contribution in [0.1, 0.15) is 50.6 Å². The number of para-hydroxylation sites is 2. The van der Waals surface area contributed by atoms with Crippen LogP contribution < -0.4 is 24.3 Å². The molecule has 0 aromatic heterocycles. The number of carbonyl (C=O) groups is 2. The maximum atomic E-state index is 13.8. The molecule has 1 aliphatic carbocycles. The SMILES string of the molecule is CCOc1ccc([C@H](C(=O)NC2CCCCC2)N(C[C@@H]2COc3ccccc3O2)C(=O)CCl)cc1OC. The second-order valence-electron chi connectivity index (χ2n) is 9.27. The molecule has 2 amide bonds. The van der Waals surface area contributed by atoms with Crippen molar-refractivity contribution in [3.8, 4) is 23.0 Å². The monoisotopic (exact) mass is 530 g/mol. The minimum atomic E-state index is -0.932. The minimum absolute atomic E-state index is 0.0717. The van der Waals surface area contributed by atoms with Crippen LogP contribution in [0.25, 0.3) is 0 Å². The van der Waals surface area contributed by atoms with E-state index in [0.717, 1.165) is 25.7 Å². The van der Waals surface area contributed by atoms with Crippen molar-refractivity contribution in [2.24, 2.45) is 0 Å². The molecule has 0 saturated heterocycles. The fourth-order valence-electron chi connectivity index (χ4n) is 4.93. The Kier molecular flexibility index (Phi) is 9.39. The Labute approximate surface area is 223 Å². The summed E-state index contributed by atoms with van der Waals surface area (Å²) in [6.45, 7) is 2.72. The lowest BCUT2D eigenvalue weighted by Gasteiger charge is -2.36. The summed E-state index contributed by atoms with van der Waals surface area (Å²) in [4.78, 5) is 28.5. The quantitative estimate of drug-likeness (QED) is 0.455. The summed E-state index contributed by atoms with van der Waals surface area (Å²) in [6.07, 6.45) is 4.68. The molecule has 1 N–H and O–H groups in total. The second kappa shape index (κ2) is 12.9. The predicted octanol–water partition coefficient (Wildman–Crippen LogP) is 4.49. The summed E-state index contributed by atoms with van der Waals surface area (Å²) in [5.74, 6) is 1.40. The van der Waals surface area contributed by atoms with E-state index in [4.69, 9.17) is 30.5 Å². The molecule has 1 saturated carbocycles. The Morgan fingerprint density at radius 2 is 1.86 bits per heavy atom. The lowest BCUT2D eigenvalue weighted by molar-refractivity contribution is -0.141. The number of amides is 2. The van der Waals surface area contributed by atoms with Gasteiger partial charge in [0, 0.05) is 6.04 Å². The van der Waals surface area contributed by atoms with E-state index in [2.05, 4.69) is 5.32 Å². The number of hydrogen-bond acceptors (Lipinski definition) is 6. The summed E-state index contributed by atoms with van der Waals surface area (Å²) in [5.41, 5.74) is 0.601. The molecule has 0 radical (unpaired) electrons. The molecule has 2 aliphatic rings. The van der Waals surface area contributed by atoms with Crippen LogP contribution in [0.4, 0.5) is 0 Å². The van der Waals surface area contributed by atoms with Crippen molar-refractivity contribution in [2.75, 3.05) is 32.7 Å².